The fourth-order valence-electron chi connectivity index (χ4n) is 2.73. The van der Waals surface area contributed by atoms with Gasteiger partial charge in [-0.2, -0.15) is 13.2 Å². The third-order valence-corrected chi connectivity index (χ3v) is 3.94. The maximum absolute atomic E-state index is 14.3. The Morgan fingerprint density at radius 1 is 1.08 bits per heavy atom. The van der Waals surface area contributed by atoms with Crippen LogP contribution < -0.4 is 5.43 Å². The lowest BCUT2D eigenvalue weighted by molar-refractivity contribution is -0.140. The monoisotopic (exact) mass is 365 g/mol. The van der Waals surface area contributed by atoms with E-state index in [-0.39, 0.29) is 17.5 Å². The fraction of sp³-hybridized carbons (Fsp3) is 0.111. The molecule has 1 N–H and O–H groups in total. The predicted octanol–water partition coefficient (Wildman–Crippen LogP) is 3.91. The van der Waals surface area contributed by atoms with E-state index in [1.807, 2.05) is 0 Å². The second-order valence-electron chi connectivity index (χ2n) is 5.60. The van der Waals surface area contributed by atoms with Gasteiger partial charge in [0, 0.05) is 17.1 Å². The van der Waals surface area contributed by atoms with Crippen LogP contribution in [0.15, 0.2) is 53.5 Å². The highest BCUT2D eigenvalue weighted by Gasteiger charge is 2.34. The van der Waals surface area contributed by atoms with Crippen LogP contribution in [-0.2, 0) is 12.7 Å². The summed E-state index contributed by atoms with van der Waals surface area (Å²) in [5, 5.41) is 9.27. The van der Waals surface area contributed by atoms with Gasteiger partial charge in [0.2, 0.25) is 5.43 Å². The third kappa shape index (κ3) is 3.05. The molecule has 0 bridgehead atoms. The zero-order chi connectivity index (χ0) is 19.1. The first-order chi connectivity index (χ1) is 12.2. The molecule has 0 aliphatic carbocycles. The van der Waals surface area contributed by atoms with E-state index in [2.05, 4.69) is 0 Å². The molecule has 4 nitrogen and oxygen atoms in total. The van der Waals surface area contributed by atoms with Crippen molar-refractivity contribution in [3.8, 4) is 0 Å². The van der Waals surface area contributed by atoms with Crippen molar-refractivity contribution >= 4 is 16.9 Å². The van der Waals surface area contributed by atoms with Gasteiger partial charge in [0.05, 0.1) is 17.6 Å². The molecular formula is C18H11F4NO3. The first-order valence-corrected chi connectivity index (χ1v) is 7.40. The van der Waals surface area contributed by atoms with Crippen LogP contribution in [0.4, 0.5) is 17.6 Å². The van der Waals surface area contributed by atoms with Crippen molar-refractivity contribution in [3.63, 3.8) is 0 Å². The van der Waals surface area contributed by atoms with Crippen LogP contribution in [0.25, 0.3) is 10.9 Å². The van der Waals surface area contributed by atoms with Gasteiger partial charge in [0.15, 0.2) is 0 Å². The number of hydrogen-bond acceptors (Lipinski definition) is 2. The van der Waals surface area contributed by atoms with Crippen LogP contribution in [-0.4, -0.2) is 15.6 Å². The van der Waals surface area contributed by atoms with E-state index < -0.39 is 34.5 Å². The molecule has 1 heterocycles. The normalized spacial score (nSPS) is 11.7. The highest BCUT2D eigenvalue weighted by molar-refractivity contribution is 5.92. The highest BCUT2D eigenvalue weighted by Crippen LogP contribution is 2.32. The lowest BCUT2D eigenvalue weighted by atomic mass is 10.1. The van der Waals surface area contributed by atoms with E-state index in [4.69, 9.17) is 0 Å². The molecular weight excluding hydrogens is 354 g/mol. The topological polar surface area (TPSA) is 59.3 Å². The summed E-state index contributed by atoms with van der Waals surface area (Å²) in [5.41, 5.74) is -2.65. The standard InChI is InChI=1S/C18H11F4NO3/c19-15-10(4-3-6-13(15)18(20,21)22)8-23-9-12(17(25)26)16(24)11-5-1-2-7-14(11)23/h1-7,9H,8H2,(H,25,26). The summed E-state index contributed by atoms with van der Waals surface area (Å²) < 4.78 is 54.2. The van der Waals surface area contributed by atoms with E-state index in [9.17, 15) is 32.3 Å². The maximum Gasteiger partial charge on any atom is 0.419 e. The molecule has 26 heavy (non-hydrogen) atoms. The minimum Gasteiger partial charge on any atom is -0.477 e. The van der Waals surface area contributed by atoms with Crippen LogP contribution in [0.1, 0.15) is 21.5 Å². The molecule has 0 unspecified atom stereocenters. The second-order valence-corrected chi connectivity index (χ2v) is 5.60. The van der Waals surface area contributed by atoms with Gasteiger partial charge in [-0.1, -0.05) is 24.3 Å². The summed E-state index contributed by atoms with van der Waals surface area (Å²) in [7, 11) is 0. The summed E-state index contributed by atoms with van der Waals surface area (Å²) in [6, 6.07) is 8.91. The van der Waals surface area contributed by atoms with Gasteiger partial charge >= 0.3 is 12.1 Å². The number of rotatable bonds is 3. The van der Waals surface area contributed by atoms with Gasteiger partial charge in [-0.05, 0) is 18.2 Å². The molecule has 2 aromatic carbocycles. The molecule has 134 valence electrons. The molecule has 0 saturated carbocycles. The molecule has 8 heteroatoms. The van der Waals surface area contributed by atoms with Crippen LogP contribution in [0.5, 0.6) is 0 Å². The molecule has 1 aromatic heterocycles. The van der Waals surface area contributed by atoms with Gasteiger partial charge in [0.25, 0.3) is 0 Å². The van der Waals surface area contributed by atoms with E-state index in [1.165, 1.54) is 28.8 Å². The Balaban J connectivity index is 2.21. The Bertz CT molecular complexity index is 1070. The zero-order valence-corrected chi connectivity index (χ0v) is 13.0. The fourth-order valence-corrected chi connectivity index (χ4v) is 2.73. The Morgan fingerprint density at radius 2 is 1.77 bits per heavy atom. The number of hydrogen-bond donors (Lipinski definition) is 1. The molecule has 0 aliphatic heterocycles. The number of nitrogens with zero attached hydrogens (tertiary/aromatic N) is 1. The van der Waals surface area contributed by atoms with Crippen molar-refractivity contribution < 1.29 is 27.5 Å². The van der Waals surface area contributed by atoms with Crippen molar-refractivity contribution in [1.29, 1.82) is 0 Å². The quantitative estimate of drug-likeness (QED) is 0.716. The predicted molar refractivity (Wildman–Crippen MR) is 85.7 cm³/mol. The number of halogens is 4. The van der Waals surface area contributed by atoms with Crippen molar-refractivity contribution in [3.05, 3.63) is 81.4 Å². The number of benzene rings is 2. The van der Waals surface area contributed by atoms with Crippen molar-refractivity contribution in [2.75, 3.05) is 0 Å². The SMILES string of the molecule is O=C(O)c1cn(Cc2cccc(C(F)(F)F)c2F)c2ccccc2c1=O. The molecule has 3 rings (SSSR count). The number of para-hydroxylation sites is 1. The van der Waals surface area contributed by atoms with E-state index in [0.717, 1.165) is 12.3 Å². The number of carboxylic acid groups (broad SMARTS) is 1. The van der Waals surface area contributed by atoms with Crippen LogP contribution in [0, 0.1) is 5.82 Å². The van der Waals surface area contributed by atoms with Crippen molar-refractivity contribution in [2.45, 2.75) is 12.7 Å². The van der Waals surface area contributed by atoms with E-state index >= 15 is 0 Å². The van der Waals surface area contributed by atoms with Gasteiger partial charge < -0.3 is 9.67 Å². The highest BCUT2D eigenvalue weighted by atomic mass is 19.4. The first-order valence-electron chi connectivity index (χ1n) is 7.40. The molecule has 0 radical (unpaired) electrons. The minimum atomic E-state index is -4.85. The molecule has 0 fully saturated rings. The van der Waals surface area contributed by atoms with Gasteiger partial charge in [-0.3, -0.25) is 4.79 Å². The second kappa shape index (κ2) is 6.29. The van der Waals surface area contributed by atoms with E-state index in [0.29, 0.717) is 11.6 Å². The first kappa shape index (κ1) is 17.7. The third-order valence-electron chi connectivity index (χ3n) is 3.94. The summed E-state index contributed by atoms with van der Waals surface area (Å²) in [6.07, 6.45) is -3.84. The molecule has 0 amide bonds. The van der Waals surface area contributed by atoms with Crippen LogP contribution in [0.2, 0.25) is 0 Å². The van der Waals surface area contributed by atoms with Crippen LogP contribution in [0.3, 0.4) is 0 Å². The average molecular weight is 365 g/mol. The largest absolute Gasteiger partial charge is 0.477 e. The molecule has 0 spiro atoms. The number of aromatic nitrogens is 1. The molecule has 0 aliphatic rings. The van der Waals surface area contributed by atoms with Crippen molar-refractivity contribution in [2.24, 2.45) is 0 Å². The lowest BCUT2D eigenvalue weighted by Gasteiger charge is -2.15. The van der Waals surface area contributed by atoms with Gasteiger partial charge in [-0.15, -0.1) is 0 Å². The molecule has 0 saturated heterocycles. The smallest absolute Gasteiger partial charge is 0.419 e. The Morgan fingerprint density at radius 3 is 2.42 bits per heavy atom. The Hall–Kier alpha value is -3.16. The number of carbonyl (C=O) groups is 1. The van der Waals surface area contributed by atoms with Crippen LogP contribution >= 0.6 is 0 Å². The number of aromatic carboxylic acids is 1. The average Bonchev–Trinajstić information content (AvgIpc) is 2.57. The lowest BCUT2D eigenvalue weighted by Crippen LogP contribution is -2.19. The Kier molecular flexibility index (Phi) is 4.27. The maximum atomic E-state index is 14.3. The van der Waals surface area contributed by atoms with Gasteiger partial charge in [0.1, 0.15) is 11.4 Å². The number of alkyl halides is 3. The number of carboxylic acids is 1. The molecule has 0 atom stereocenters. The van der Waals surface area contributed by atoms with E-state index in [1.54, 1.807) is 6.07 Å². The van der Waals surface area contributed by atoms with Gasteiger partial charge in [-0.25, -0.2) is 9.18 Å². The summed E-state index contributed by atoms with van der Waals surface area (Å²) in [4.78, 5) is 23.5. The van der Waals surface area contributed by atoms with Crippen molar-refractivity contribution in [1.82, 2.24) is 4.57 Å². The summed E-state index contributed by atoms with van der Waals surface area (Å²) in [5.74, 6) is -2.90. The summed E-state index contributed by atoms with van der Waals surface area (Å²) in [6.45, 7) is -0.364. The number of pyridine rings is 1. The molecule has 3 aromatic rings. The summed E-state index contributed by atoms with van der Waals surface area (Å²) >= 11 is 0. The number of fused-ring (bicyclic) bond motifs is 1. The Labute approximate surface area is 143 Å². The zero-order valence-electron chi connectivity index (χ0n) is 13.0. The minimum absolute atomic E-state index is 0.0831.